The largest absolute Gasteiger partial charge is 0.147 e. The number of hydrogen-bond acceptors (Lipinski definition) is 0. The van der Waals surface area contributed by atoms with Crippen molar-refractivity contribution < 1.29 is 40.1 Å². The Kier molecular flexibility index (Phi) is 12.4. The van der Waals surface area contributed by atoms with Crippen LogP contribution in [0.5, 0.6) is 0 Å². The number of fused-ring (bicyclic) bond motifs is 4. The molecule has 0 bridgehead atoms. The smallest absolute Gasteiger partial charge is 0.147 e. The van der Waals surface area contributed by atoms with Crippen molar-refractivity contribution in [1.29, 1.82) is 0 Å². The van der Waals surface area contributed by atoms with E-state index in [1.54, 1.807) is 22.3 Å². The van der Waals surface area contributed by atoms with Crippen molar-refractivity contribution >= 4 is 60.1 Å². The average Bonchev–Trinajstić information content (AvgIpc) is 3.84. The van der Waals surface area contributed by atoms with Gasteiger partial charge in [0.1, 0.15) is 0 Å². The Morgan fingerprint density at radius 1 is 0.370 bits per heavy atom. The molecule has 0 spiro atoms. The van der Waals surface area contributed by atoms with Gasteiger partial charge in [0.25, 0.3) is 0 Å². The maximum atomic E-state index is 2.57. The maximum Gasteiger partial charge on any atom is -0.147 e. The zero-order valence-corrected chi connectivity index (χ0v) is 37.8. The molecular formula is C40H42Cl2Hf2Si2. The fourth-order valence-electron chi connectivity index (χ4n) is 7.71. The molecule has 4 unspecified atom stereocenters. The molecule has 4 aromatic carbocycles. The molecule has 0 aromatic heterocycles. The van der Waals surface area contributed by atoms with Crippen molar-refractivity contribution in [3.63, 3.8) is 0 Å². The second kappa shape index (κ2) is 15.9. The molecule has 0 saturated carbocycles. The number of hydrogen-bond donors (Lipinski definition) is 0. The summed E-state index contributed by atoms with van der Waals surface area (Å²) < 4.78 is 3.13. The molecule has 0 amide bonds. The summed E-state index contributed by atoms with van der Waals surface area (Å²) >= 11 is -3.70. The quantitative estimate of drug-likeness (QED) is 0.179. The Morgan fingerprint density at radius 2 is 0.587 bits per heavy atom. The van der Waals surface area contributed by atoms with E-state index in [2.05, 4.69) is 172 Å². The van der Waals surface area contributed by atoms with Gasteiger partial charge in [-0.25, -0.2) is 0 Å². The molecular weight excluding hydrogens is 964 g/mol. The van der Waals surface area contributed by atoms with Gasteiger partial charge in [0.2, 0.25) is 0 Å². The van der Waals surface area contributed by atoms with Crippen molar-refractivity contribution in [2.75, 3.05) is 0 Å². The van der Waals surface area contributed by atoms with Crippen LogP contribution in [-0.2, 0) is 40.1 Å². The predicted octanol–water partition coefficient (Wildman–Crippen LogP) is 11.6. The van der Waals surface area contributed by atoms with E-state index in [-0.39, 0.29) is 35.8 Å². The minimum atomic E-state index is -1.85. The third kappa shape index (κ3) is 7.00. The molecule has 6 heteroatoms. The first kappa shape index (κ1) is 35.9. The molecule has 4 atom stereocenters. The van der Waals surface area contributed by atoms with Crippen LogP contribution < -0.4 is 0 Å². The Bertz CT molecular complexity index is 1680. The molecule has 0 radical (unpaired) electrons. The minimum Gasteiger partial charge on any atom is -0.147 e. The van der Waals surface area contributed by atoms with Crippen LogP contribution in [0.1, 0.15) is 59.2 Å². The Morgan fingerprint density at radius 3 is 0.804 bits per heavy atom. The van der Waals surface area contributed by atoms with Crippen LogP contribution in [0.3, 0.4) is 0 Å². The van der Waals surface area contributed by atoms with Crippen LogP contribution in [0.4, 0.5) is 0 Å². The van der Waals surface area contributed by atoms with Crippen LogP contribution in [0.2, 0.25) is 26.2 Å². The standard InChI is InChI=1S/4C9H7.2C2H6Si.2ClH.2Hf/c4*1-2-5-9-7-3-6-8(9)4-1;2*1-3-2;;;;/h4*1-7H;2*1-2H3;2*1H;;. The normalized spacial score (nSPS) is 19.9. The Labute approximate surface area is 303 Å². The molecule has 0 N–H and O–H groups in total. The summed E-state index contributed by atoms with van der Waals surface area (Å²) in [5.74, 6) is 0. The summed E-state index contributed by atoms with van der Waals surface area (Å²) in [5, 5.41) is 0. The number of allylic oxidation sites excluding steroid dienone is 4. The summed E-state index contributed by atoms with van der Waals surface area (Å²) in [6.45, 7) is 10.3. The topological polar surface area (TPSA) is 0 Å². The van der Waals surface area contributed by atoms with Crippen molar-refractivity contribution in [2.45, 2.75) is 40.9 Å². The number of halogens is 2. The summed E-state index contributed by atoms with van der Waals surface area (Å²) in [6.07, 6.45) is 19.7. The first-order valence-corrected chi connectivity index (χ1v) is 40.0. The van der Waals surface area contributed by atoms with Gasteiger partial charge in [-0.05, 0) is 0 Å². The van der Waals surface area contributed by atoms with Gasteiger partial charge in [0.15, 0.2) is 0 Å². The van der Waals surface area contributed by atoms with Crippen molar-refractivity contribution in [3.8, 4) is 0 Å². The van der Waals surface area contributed by atoms with Crippen molar-refractivity contribution in [1.82, 2.24) is 0 Å². The Hall–Kier alpha value is -1.41. The van der Waals surface area contributed by atoms with Gasteiger partial charge in [-0.3, -0.25) is 0 Å². The van der Waals surface area contributed by atoms with E-state index in [1.807, 2.05) is 0 Å². The molecule has 46 heavy (non-hydrogen) atoms. The third-order valence-electron chi connectivity index (χ3n) is 9.69. The molecule has 8 rings (SSSR count). The van der Waals surface area contributed by atoms with Gasteiger partial charge in [-0.15, -0.1) is 24.8 Å². The predicted molar refractivity (Wildman–Crippen MR) is 202 cm³/mol. The zero-order chi connectivity index (χ0) is 30.2. The SMILES string of the molecule is C[Si](C)=[Hf]([CH]1C=Cc2ccccc21)[CH]1C=Cc2ccccc21.C[Si](C)=[Hf]([CH]1C=Cc2ccccc21)[CH]1C=Cc2ccccc21.Cl.Cl. The van der Waals surface area contributed by atoms with Crippen molar-refractivity contribution in [3.05, 3.63) is 166 Å². The van der Waals surface area contributed by atoms with Gasteiger partial charge in [0, 0.05) is 0 Å². The van der Waals surface area contributed by atoms with Crippen molar-refractivity contribution in [2.24, 2.45) is 0 Å². The Balaban J connectivity index is 0.000000174. The molecule has 0 fully saturated rings. The fourth-order valence-corrected chi connectivity index (χ4v) is 61.0. The molecule has 4 aromatic rings. The van der Waals surface area contributed by atoms with Gasteiger partial charge in [-0.1, -0.05) is 0 Å². The monoisotopic (exact) mass is 1010 g/mol. The van der Waals surface area contributed by atoms with E-state index < -0.39 is 40.1 Å². The molecule has 4 aliphatic carbocycles. The molecule has 4 aliphatic rings. The minimum absolute atomic E-state index is 0. The van der Waals surface area contributed by atoms with Crippen LogP contribution >= 0.6 is 24.8 Å². The second-order valence-corrected chi connectivity index (χ2v) is 63.3. The summed E-state index contributed by atoms with van der Waals surface area (Å²) in [5.41, 5.74) is 11.9. The second-order valence-electron chi connectivity index (χ2n) is 12.8. The first-order valence-electron chi connectivity index (χ1n) is 15.9. The van der Waals surface area contributed by atoms with Gasteiger partial charge in [-0.2, -0.15) is 0 Å². The van der Waals surface area contributed by atoms with E-state index in [4.69, 9.17) is 0 Å². The molecule has 0 aliphatic heterocycles. The van der Waals surface area contributed by atoms with E-state index in [0.29, 0.717) is 0 Å². The van der Waals surface area contributed by atoms with E-state index in [0.717, 1.165) is 14.7 Å². The average molecular weight is 1010 g/mol. The summed E-state index contributed by atoms with van der Waals surface area (Å²) in [7, 11) is 0. The van der Waals surface area contributed by atoms with Gasteiger partial charge in [0.05, 0.1) is 0 Å². The van der Waals surface area contributed by atoms with Crippen LogP contribution in [-0.4, -0.2) is 11.0 Å². The van der Waals surface area contributed by atoms with Gasteiger partial charge >= 0.3 is 282 Å². The fraction of sp³-hybridized carbons (Fsp3) is 0.200. The zero-order valence-electron chi connectivity index (χ0n) is 27.0. The van der Waals surface area contributed by atoms with E-state index in [9.17, 15) is 0 Å². The summed E-state index contributed by atoms with van der Waals surface area (Å²) in [6, 6.07) is 36.2. The molecule has 0 heterocycles. The first-order chi connectivity index (χ1) is 21.5. The number of rotatable bonds is 4. The summed E-state index contributed by atoms with van der Waals surface area (Å²) in [4.78, 5) is 0. The maximum absolute atomic E-state index is 2.57. The van der Waals surface area contributed by atoms with Crippen LogP contribution in [0.15, 0.2) is 121 Å². The third-order valence-corrected chi connectivity index (χ3v) is 63.9. The number of benzene rings is 4. The molecule has 0 saturated heterocycles. The van der Waals surface area contributed by atoms with Crippen LogP contribution in [0, 0.1) is 0 Å². The van der Waals surface area contributed by atoms with E-state index >= 15 is 0 Å². The molecule has 0 nitrogen and oxygen atoms in total. The van der Waals surface area contributed by atoms with E-state index in [1.165, 1.54) is 22.3 Å². The van der Waals surface area contributed by atoms with Crippen LogP contribution in [0.25, 0.3) is 24.3 Å². The molecule has 232 valence electrons. The van der Waals surface area contributed by atoms with Gasteiger partial charge < -0.3 is 0 Å².